The number of hydrogen-bond donors (Lipinski definition) is 2. The van der Waals surface area contributed by atoms with Gasteiger partial charge in [-0.25, -0.2) is 0 Å². The van der Waals surface area contributed by atoms with Gasteiger partial charge in [0.15, 0.2) is 0 Å². The number of carbonyl (C=O) groups excluding carboxylic acids is 1. The molecular weight excluding hydrogens is 226 g/mol. The number of rotatable bonds is 3. The van der Waals surface area contributed by atoms with Gasteiger partial charge in [-0.2, -0.15) is 0 Å². The molecule has 0 aromatic heterocycles. The average molecular weight is 245 g/mol. The van der Waals surface area contributed by atoms with Gasteiger partial charge in [0, 0.05) is 5.92 Å². The van der Waals surface area contributed by atoms with Crippen molar-refractivity contribution in [3.8, 4) is 5.75 Å². The monoisotopic (exact) mass is 245 g/mol. The van der Waals surface area contributed by atoms with Crippen molar-refractivity contribution in [2.75, 3.05) is 0 Å². The van der Waals surface area contributed by atoms with E-state index in [1.54, 1.807) is 18.2 Å². The highest BCUT2D eigenvalue weighted by Gasteiger charge is 2.48. The molecule has 0 spiro atoms. The number of phenolic OH excluding ortho intramolecular Hbond substituents is 1. The van der Waals surface area contributed by atoms with E-state index in [1.807, 2.05) is 13.0 Å². The zero-order valence-corrected chi connectivity index (χ0v) is 10.6. The van der Waals surface area contributed by atoms with Crippen LogP contribution < -0.4 is 5.32 Å². The Morgan fingerprint density at radius 3 is 2.72 bits per heavy atom. The van der Waals surface area contributed by atoms with Gasteiger partial charge in [0.25, 0.3) is 0 Å². The number of amides is 1. The quantitative estimate of drug-likeness (QED) is 0.860. The molecule has 0 radical (unpaired) electrons. The fourth-order valence-electron chi connectivity index (χ4n) is 3.14. The molecule has 1 aromatic rings. The number of phenols is 1. The molecule has 0 aliphatic heterocycles. The number of aromatic hydroxyl groups is 1. The Bertz CT molecular complexity index is 461. The van der Waals surface area contributed by atoms with Crippen LogP contribution in [0.3, 0.4) is 0 Å². The van der Waals surface area contributed by atoms with Crippen molar-refractivity contribution in [3.63, 3.8) is 0 Å². The molecule has 2 aliphatic rings. The van der Waals surface area contributed by atoms with Crippen molar-refractivity contribution in [2.45, 2.75) is 32.2 Å². The van der Waals surface area contributed by atoms with Crippen molar-refractivity contribution in [1.29, 1.82) is 0 Å². The van der Waals surface area contributed by atoms with Gasteiger partial charge >= 0.3 is 0 Å². The Labute approximate surface area is 107 Å². The van der Waals surface area contributed by atoms with Crippen molar-refractivity contribution < 1.29 is 9.90 Å². The summed E-state index contributed by atoms with van der Waals surface area (Å²) in [6.07, 6.45) is 3.48. The first-order valence-corrected chi connectivity index (χ1v) is 6.73. The molecule has 0 heterocycles. The van der Waals surface area contributed by atoms with E-state index < -0.39 is 0 Å². The van der Waals surface area contributed by atoms with Gasteiger partial charge in [-0.15, -0.1) is 0 Å². The molecule has 2 saturated carbocycles. The van der Waals surface area contributed by atoms with E-state index in [1.165, 1.54) is 6.42 Å². The Morgan fingerprint density at radius 2 is 2.06 bits per heavy atom. The molecule has 3 heteroatoms. The zero-order chi connectivity index (χ0) is 12.7. The van der Waals surface area contributed by atoms with Gasteiger partial charge < -0.3 is 10.4 Å². The minimum atomic E-state index is -0.0403. The first kappa shape index (κ1) is 11.6. The normalized spacial score (nSPS) is 30.6. The van der Waals surface area contributed by atoms with E-state index >= 15 is 0 Å². The first-order chi connectivity index (χ1) is 8.63. The van der Waals surface area contributed by atoms with Crippen LogP contribution in [0.1, 0.15) is 37.8 Å². The molecule has 3 atom stereocenters. The van der Waals surface area contributed by atoms with E-state index in [0.717, 1.165) is 30.2 Å². The van der Waals surface area contributed by atoms with Gasteiger partial charge in [-0.3, -0.25) is 4.79 Å². The van der Waals surface area contributed by atoms with Gasteiger partial charge in [0.1, 0.15) is 5.75 Å². The van der Waals surface area contributed by atoms with Crippen LogP contribution in [-0.4, -0.2) is 11.0 Å². The lowest BCUT2D eigenvalue weighted by Crippen LogP contribution is -2.32. The fourth-order valence-corrected chi connectivity index (χ4v) is 3.14. The van der Waals surface area contributed by atoms with Gasteiger partial charge in [-0.1, -0.05) is 12.1 Å². The summed E-state index contributed by atoms with van der Waals surface area (Å²) in [6, 6.07) is 7.04. The molecule has 1 amide bonds. The van der Waals surface area contributed by atoms with E-state index in [0.29, 0.717) is 0 Å². The number of carbonyl (C=O) groups is 1. The SMILES string of the molecule is CC(NC(=O)C1CC2CC2C1)c1cccc(O)c1. The van der Waals surface area contributed by atoms with E-state index in [4.69, 9.17) is 0 Å². The summed E-state index contributed by atoms with van der Waals surface area (Å²) in [5.74, 6) is 2.30. The van der Waals surface area contributed by atoms with Crippen molar-refractivity contribution in [2.24, 2.45) is 17.8 Å². The van der Waals surface area contributed by atoms with Crippen LogP contribution in [0.4, 0.5) is 0 Å². The molecule has 1 aromatic carbocycles. The molecule has 3 nitrogen and oxygen atoms in total. The van der Waals surface area contributed by atoms with Crippen LogP contribution in [0, 0.1) is 17.8 Å². The van der Waals surface area contributed by atoms with Gasteiger partial charge in [0.05, 0.1) is 6.04 Å². The smallest absolute Gasteiger partial charge is 0.223 e. The summed E-state index contributed by atoms with van der Waals surface area (Å²) in [7, 11) is 0. The van der Waals surface area contributed by atoms with Crippen LogP contribution in [0.5, 0.6) is 5.75 Å². The number of hydrogen-bond acceptors (Lipinski definition) is 2. The standard InChI is InChI=1S/C15H19NO2/c1-9(10-3-2-4-14(17)8-10)16-15(18)13-6-11-5-12(11)7-13/h2-4,8-9,11-13,17H,5-7H2,1H3,(H,16,18). The molecule has 18 heavy (non-hydrogen) atoms. The highest BCUT2D eigenvalue weighted by atomic mass is 16.3. The second-order valence-electron chi connectivity index (χ2n) is 5.75. The lowest BCUT2D eigenvalue weighted by molar-refractivity contribution is -0.125. The molecule has 0 bridgehead atoms. The summed E-state index contributed by atoms with van der Waals surface area (Å²) in [5, 5.41) is 12.5. The lowest BCUT2D eigenvalue weighted by Gasteiger charge is -2.18. The Hall–Kier alpha value is -1.51. The third kappa shape index (κ3) is 2.22. The maximum Gasteiger partial charge on any atom is 0.223 e. The second-order valence-corrected chi connectivity index (χ2v) is 5.75. The van der Waals surface area contributed by atoms with E-state index in [9.17, 15) is 9.90 Å². The molecule has 0 saturated heterocycles. The highest BCUT2D eigenvalue weighted by Crippen LogP contribution is 2.54. The topological polar surface area (TPSA) is 49.3 Å². The van der Waals surface area contributed by atoms with E-state index in [-0.39, 0.29) is 23.6 Å². The maximum atomic E-state index is 12.1. The number of nitrogens with one attached hydrogen (secondary N) is 1. The minimum Gasteiger partial charge on any atom is -0.508 e. The Morgan fingerprint density at radius 1 is 1.33 bits per heavy atom. The molecule has 2 aliphatic carbocycles. The van der Waals surface area contributed by atoms with Crippen LogP contribution in [0.25, 0.3) is 0 Å². The molecule has 96 valence electrons. The third-order valence-corrected chi connectivity index (χ3v) is 4.34. The minimum absolute atomic E-state index is 0.0403. The molecule has 3 rings (SSSR count). The van der Waals surface area contributed by atoms with Crippen molar-refractivity contribution >= 4 is 5.91 Å². The molecule has 2 fully saturated rings. The third-order valence-electron chi connectivity index (χ3n) is 4.34. The van der Waals surface area contributed by atoms with Crippen LogP contribution in [-0.2, 0) is 4.79 Å². The zero-order valence-electron chi connectivity index (χ0n) is 10.6. The molecular formula is C15H19NO2. The first-order valence-electron chi connectivity index (χ1n) is 6.73. The highest BCUT2D eigenvalue weighted by molar-refractivity contribution is 5.79. The predicted molar refractivity (Wildman–Crippen MR) is 69.0 cm³/mol. The molecule has 3 unspecified atom stereocenters. The van der Waals surface area contributed by atoms with Crippen LogP contribution in [0.15, 0.2) is 24.3 Å². The summed E-state index contributed by atoms with van der Waals surface area (Å²) in [5.41, 5.74) is 0.950. The van der Waals surface area contributed by atoms with Crippen LogP contribution >= 0.6 is 0 Å². The lowest BCUT2D eigenvalue weighted by atomic mass is 10.0. The van der Waals surface area contributed by atoms with Crippen LogP contribution in [0.2, 0.25) is 0 Å². The number of benzene rings is 1. The van der Waals surface area contributed by atoms with Crippen molar-refractivity contribution in [1.82, 2.24) is 5.32 Å². The van der Waals surface area contributed by atoms with E-state index in [2.05, 4.69) is 5.32 Å². The Balaban J connectivity index is 1.60. The van der Waals surface area contributed by atoms with Gasteiger partial charge in [0.2, 0.25) is 5.91 Å². The summed E-state index contributed by atoms with van der Waals surface area (Å²) < 4.78 is 0. The van der Waals surface area contributed by atoms with Gasteiger partial charge in [-0.05, 0) is 55.7 Å². The summed E-state index contributed by atoms with van der Waals surface area (Å²) >= 11 is 0. The summed E-state index contributed by atoms with van der Waals surface area (Å²) in [4.78, 5) is 12.1. The largest absolute Gasteiger partial charge is 0.508 e. The maximum absolute atomic E-state index is 12.1. The second kappa shape index (κ2) is 4.30. The fraction of sp³-hybridized carbons (Fsp3) is 0.533. The Kier molecular flexibility index (Phi) is 2.77. The predicted octanol–water partition coefficient (Wildman–Crippen LogP) is 2.62. The van der Waals surface area contributed by atoms with Crippen molar-refractivity contribution in [3.05, 3.63) is 29.8 Å². The number of fused-ring (bicyclic) bond motifs is 1. The summed E-state index contributed by atoms with van der Waals surface area (Å²) in [6.45, 7) is 1.96. The average Bonchev–Trinajstić information content (AvgIpc) is 2.96. The molecule has 2 N–H and O–H groups in total.